The lowest BCUT2D eigenvalue weighted by Crippen LogP contribution is -2.42. The number of nitrogens with zero attached hydrogens (tertiary/aromatic N) is 2. The standard InChI is InChI=1S/C19H25N3O4S/c1-6-22(10-17(23)20-12(2)3)19(24)14-11-27-18(21-14)13-7-8-15(25-4)16(9-13)26-5/h7-9,11-12H,6,10H2,1-5H3,(H,20,23). The topological polar surface area (TPSA) is 80.8 Å². The van der Waals surface area contributed by atoms with Crippen LogP contribution in [0.25, 0.3) is 10.6 Å². The first-order valence-corrected chi connectivity index (χ1v) is 9.54. The number of amides is 2. The molecule has 2 rings (SSSR count). The number of benzene rings is 1. The minimum atomic E-state index is -0.264. The first kappa shape index (κ1) is 20.7. The van der Waals surface area contributed by atoms with E-state index in [-0.39, 0.29) is 24.4 Å². The highest BCUT2D eigenvalue weighted by atomic mass is 32.1. The molecule has 0 aliphatic heterocycles. The zero-order valence-electron chi connectivity index (χ0n) is 16.2. The van der Waals surface area contributed by atoms with Gasteiger partial charge in [0.1, 0.15) is 10.7 Å². The van der Waals surface area contributed by atoms with Crippen LogP contribution in [0, 0.1) is 0 Å². The molecule has 1 aromatic heterocycles. The highest BCUT2D eigenvalue weighted by Gasteiger charge is 2.21. The Labute approximate surface area is 163 Å². The predicted molar refractivity (Wildman–Crippen MR) is 106 cm³/mol. The van der Waals surface area contributed by atoms with Crippen LogP contribution in [0.5, 0.6) is 11.5 Å². The minimum absolute atomic E-state index is 0.0106. The summed E-state index contributed by atoms with van der Waals surface area (Å²) in [6.45, 7) is 6.03. The summed E-state index contributed by atoms with van der Waals surface area (Å²) in [4.78, 5) is 30.6. The van der Waals surface area contributed by atoms with Gasteiger partial charge in [0.2, 0.25) is 5.91 Å². The molecule has 0 spiro atoms. The molecule has 0 saturated carbocycles. The lowest BCUT2D eigenvalue weighted by Gasteiger charge is -2.20. The Balaban J connectivity index is 2.18. The van der Waals surface area contributed by atoms with Gasteiger partial charge in [0.05, 0.1) is 20.8 Å². The summed E-state index contributed by atoms with van der Waals surface area (Å²) in [5, 5.41) is 5.19. The van der Waals surface area contributed by atoms with E-state index in [0.717, 1.165) is 5.56 Å². The van der Waals surface area contributed by atoms with Crippen molar-refractivity contribution in [3.63, 3.8) is 0 Å². The van der Waals surface area contributed by atoms with Crippen LogP contribution in [-0.2, 0) is 4.79 Å². The van der Waals surface area contributed by atoms with Gasteiger partial charge in [0, 0.05) is 23.5 Å². The second kappa shape index (κ2) is 9.36. The van der Waals surface area contributed by atoms with Gasteiger partial charge in [-0.25, -0.2) is 4.98 Å². The van der Waals surface area contributed by atoms with Crippen LogP contribution in [0.2, 0.25) is 0 Å². The van der Waals surface area contributed by atoms with Crippen molar-refractivity contribution in [3.05, 3.63) is 29.3 Å². The van der Waals surface area contributed by atoms with Gasteiger partial charge in [-0.05, 0) is 39.0 Å². The van der Waals surface area contributed by atoms with Crippen LogP contribution in [0.1, 0.15) is 31.3 Å². The monoisotopic (exact) mass is 391 g/mol. The third kappa shape index (κ3) is 5.19. The number of methoxy groups -OCH3 is 2. The smallest absolute Gasteiger partial charge is 0.273 e. The van der Waals surface area contributed by atoms with Gasteiger partial charge in [-0.2, -0.15) is 0 Å². The summed E-state index contributed by atoms with van der Waals surface area (Å²) in [5.74, 6) is 0.774. The van der Waals surface area contributed by atoms with E-state index < -0.39 is 0 Å². The van der Waals surface area contributed by atoms with Crippen LogP contribution < -0.4 is 14.8 Å². The zero-order valence-corrected chi connectivity index (χ0v) is 17.1. The van der Waals surface area contributed by atoms with E-state index in [2.05, 4.69) is 10.3 Å². The van der Waals surface area contributed by atoms with Crippen molar-refractivity contribution in [3.8, 4) is 22.1 Å². The molecule has 0 aliphatic rings. The molecule has 27 heavy (non-hydrogen) atoms. The van der Waals surface area contributed by atoms with E-state index >= 15 is 0 Å². The molecule has 1 aromatic carbocycles. The van der Waals surface area contributed by atoms with Crippen molar-refractivity contribution < 1.29 is 19.1 Å². The Morgan fingerprint density at radius 1 is 1.22 bits per heavy atom. The molecule has 0 saturated heterocycles. The number of hydrogen-bond donors (Lipinski definition) is 1. The fraction of sp³-hybridized carbons (Fsp3) is 0.421. The first-order chi connectivity index (χ1) is 12.9. The fourth-order valence-corrected chi connectivity index (χ4v) is 3.29. The van der Waals surface area contributed by atoms with Crippen LogP contribution in [-0.4, -0.2) is 55.0 Å². The second-order valence-corrected chi connectivity index (χ2v) is 7.01. The molecule has 1 N–H and O–H groups in total. The Kier molecular flexibility index (Phi) is 7.18. The average molecular weight is 391 g/mol. The van der Waals surface area contributed by atoms with Gasteiger partial charge in [-0.1, -0.05) is 0 Å². The molecule has 146 valence electrons. The summed E-state index contributed by atoms with van der Waals surface area (Å²) in [7, 11) is 3.15. The molecule has 2 amide bonds. The van der Waals surface area contributed by atoms with Gasteiger partial charge in [-0.15, -0.1) is 11.3 Å². The average Bonchev–Trinajstić information content (AvgIpc) is 3.14. The minimum Gasteiger partial charge on any atom is -0.493 e. The molecule has 0 unspecified atom stereocenters. The Bertz CT molecular complexity index is 804. The maximum atomic E-state index is 12.7. The van der Waals surface area contributed by atoms with E-state index in [1.165, 1.54) is 16.2 Å². The third-order valence-corrected chi connectivity index (χ3v) is 4.70. The quantitative estimate of drug-likeness (QED) is 0.748. The Morgan fingerprint density at radius 2 is 1.93 bits per heavy atom. The molecular weight excluding hydrogens is 366 g/mol. The van der Waals surface area contributed by atoms with Crippen molar-refractivity contribution in [1.29, 1.82) is 0 Å². The highest BCUT2D eigenvalue weighted by molar-refractivity contribution is 7.13. The molecule has 0 radical (unpaired) electrons. The molecule has 0 aliphatic carbocycles. The molecule has 7 nitrogen and oxygen atoms in total. The maximum absolute atomic E-state index is 12.7. The number of carbonyl (C=O) groups is 2. The number of aromatic nitrogens is 1. The Morgan fingerprint density at radius 3 is 2.52 bits per heavy atom. The molecule has 0 bridgehead atoms. The van der Waals surface area contributed by atoms with Crippen LogP contribution in [0.3, 0.4) is 0 Å². The van der Waals surface area contributed by atoms with Gasteiger partial charge < -0.3 is 19.7 Å². The number of hydrogen-bond acceptors (Lipinski definition) is 6. The van der Waals surface area contributed by atoms with E-state index in [1.54, 1.807) is 25.7 Å². The van der Waals surface area contributed by atoms with Crippen molar-refractivity contribution in [1.82, 2.24) is 15.2 Å². The number of ether oxygens (including phenoxy) is 2. The van der Waals surface area contributed by atoms with E-state index in [4.69, 9.17) is 9.47 Å². The molecule has 0 fully saturated rings. The molecule has 1 heterocycles. The van der Waals surface area contributed by atoms with Crippen molar-refractivity contribution in [2.45, 2.75) is 26.8 Å². The van der Waals surface area contributed by atoms with Gasteiger partial charge in [-0.3, -0.25) is 9.59 Å². The lowest BCUT2D eigenvalue weighted by atomic mass is 10.2. The number of likely N-dealkylation sites (N-methyl/N-ethyl adjacent to an activating group) is 1. The normalized spacial score (nSPS) is 10.6. The maximum Gasteiger partial charge on any atom is 0.273 e. The molecule has 2 aromatic rings. The van der Waals surface area contributed by atoms with Crippen molar-refractivity contribution >= 4 is 23.2 Å². The lowest BCUT2D eigenvalue weighted by molar-refractivity contribution is -0.122. The molecule has 0 atom stereocenters. The van der Waals surface area contributed by atoms with E-state index in [1.807, 2.05) is 32.9 Å². The SMILES string of the molecule is CCN(CC(=O)NC(C)C)C(=O)c1csc(-c2ccc(OC)c(OC)c2)n1. The van der Waals surface area contributed by atoms with Gasteiger partial charge in [0.25, 0.3) is 5.91 Å². The largest absolute Gasteiger partial charge is 0.493 e. The predicted octanol–water partition coefficient (Wildman–Crippen LogP) is 2.81. The number of nitrogens with one attached hydrogen (secondary N) is 1. The second-order valence-electron chi connectivity index (χ2n) is 6.15. The number of carbonyl (C=O) groups excluding carboxylic acids is 2. The zero-order chi connectivity index (χ0) is 20.0. The summed E-state index contributed by atoms with van der Waals surface area (Å²) >= 11 is 1.37. The van der Waals surface area contributed by atoms with Crippen LogP contribution >= 0.6 is 11.3 Å². The Hall–Kier alpha value is -2.61. The summed E-state index contributed by atoms with van der Waals surface area (Å²) in [6.07, 6.45) is 0. The summed E-state index contributed by atoms with van der Waals surface area (Å²) in [5.41, 5.74) is 1.15. The molecule has 8 heteroatoms. The third-order valence-electron chi connectivity index (χ3n) is 3.81. The summed E-state index contributed by atoms with van der Waals surface area (Å²) < 4.78 is 10.6. The number of rotatable bonds is 8. The first-order valence-electron chi connectivity index (χ1n) is 8.66. The van der Waals surface area contributed by atoms with E-state index in [9.17, 15) is 9.59 Å². The van der Waals surface area contributed by atoms with Gasteiger partial charge in [0.15, 0.2) is 11.5 Å². The van der Waals surface area contributed by atoms with Crippen molar-refractivity contribution in [2.75, 3.05) is 27.3 Å². The highest BCUT2D eigenvalue weighted by Crippen LogP contribution is 2.33. The molecular formula is C19H25N3O4S. The fourth-order valence-electron chi connectivity index (χ4n) is 2.50. The number of thiazole rings is 1. The summed E-state index contributed by atoms with van der Waals surface area (Å²) in [6, 6.07) is 5.51. The van der Waals surface area contributed by atoms with Crippen LogP contribution in [0.15, 0.2) is 23.6 Å². The van der Waals surface area contributed by atoms with Crippen molar-refractivity contribution in [2.24, 2.45) is 0 Å². The van der Waals surface area contributed by atoms with Crippen LogP contribution in [0.4, 0.5) is 0 Å². The van der Waals surface area contributed by atoms with E-state index in [0.29, 0.717) is 28.7 Å². The van der Waals surface area contributed by atoms with Gasteiger partial charge >= 0.3 is 0 Å².